The Morgan fingerprint density at radius 1 is 0.333 bits per heavy atom. The van der Waals surface area contributed by atoms with E-state index in [1.54, 1.807) is 0 Å². The van der Waals surface area contributed by atoms with E-state index in [2.05, 4.69) is 253 Å². The van der Waals surface area contributed by atoms with Gasteiger partial charge in [0, 0.05) is 38.6 Å². The number of fused-ring (bicyclic) bond motifs is 2. The number of rotatable bonds is 8. The normalized spacial score (nSPS) is 11.5. The fourth-order valence-electron chi connectivity index (χ4n) is 8.08. The van der Waals surface area contributed by atoms with Crippen LogP contribution in [0.4, 0.5) is 34.1 Å². The van der Waals surface area contributed by atoms with Crippen LogP contribution in [-0.2, 0) is 5.41 Å². The van der Waals surface area contributed by atoms with Gasteiger partial charge in [0.2, 0.25) is 0 Å². The summed E-state index contributed by atoms with van der Waals surface area (Å²) >= 11 is 3.75. The molecule has 0 saturated heterocycles. The van der Waals surface area contributed by atoms with Crippen molar-refractivity contribution in [3.63, 3.8) is 0 Å². The maximum absolute atomic E-state index is 3.75. The van der Waals surface area contributed by atoms with E-state index < -0.39 is 0 Å². The van der Waals surface area contributed by atoms with Crippen LogP contribution in [0.3, 0.4) is 0 Å². The van der Waals surface area contributed by atoms with Gasteiger partial charge < -0.3 is 9.80 Å². The highest BCUT2D eigenvalue weighted by Gasteiger charge is 2.23. The van der Waals surface area contributed by atoms with E-state index in [1.807, 2.05) is 0 Å². The largest absolute Gasteiger partial charge is 0.310 e. The summed E-state index contributed by atoms with van der Waals surface area (Å²) in [6, 6.07) is 74.6. The second-order valence-corrected chi connectivity index (χ2v) is 16.5. The average Bonchev–Trinajstić information content (AvgIpc) is 3.24. The number of nitrogens with zero attached hydrogens (tertiary/aromatic N) is 2. The Hall–Kier alpha value is -6.42. The van der Waals surface area contributed by atoms with Crippen molar-refractivity contribution in [3.8, 4) is 22.3 Å². The van der Waals surface area contributed by atoms with Gasteiger partial charge in [-0.2, -0.15) is 0 Å². The van der Waals surface area contributed by atoms with Crippen molar-refractivity contribution < 1.29 is 0 Å². The number of halogens is 1. The summed E-state index contributed by atoms with van der Waals surface area (Å²) in [4.78, 5) is 4.74. The maximum Gasteiger partial charge on any atom is 0.0485 e. The lowest BCUT2D eigenvalue weighted by molar-refractivity contribution is 0.590. The first-order valence-corrected chi connectivity index (χ1v) is 20.3. The van der Waals surface area contributed by atoms with E-state index in [-0.39, 0.29) is 5.41 Å². The summed E-state index contributed by atoms with van der Waals surface area (Å²) in [5, 5.41) is 5.01. The molecule has 0 N–H and O–H groups in total. The standard InChI is InChI=1S/C54H43BrN2/c1-54(2,3)40-34-46(37-47(35-40)57(43-23-11-6-12-24-43)45-25-17-20-41(55)36-45)56(42-21-9-5-10-22-42)44-32-30-39(31-33-44)53-50-28-15-13-26-48(50)52(38-18-7-4-8-19-38)49-27-14-16-29-51(49)53/h4-37H,1-3H3. The summed E-state index contributed by atoms with van der Waals surface area (Å²) in [5.41, 5.74) is 12.6. The Morgan fingerprint density at radius 2 is 0.719 bits per heavy atom. The van der Waals surface area contributed by atoms with Crippen molar-refractivity contribution in [1.29, 1.82) is 0 Å². The number of benzene rings is 9. The third-order valence-electron chi connectivity index (χ3n) is 10.8. The van der Waals surface area contributed by atoms with Crippen molar-refractivity contribution in [2.75, 3.05) is 9.80 Å². The molecule has 0 radical (unpaired) electrons. The summed E-state index contributed by atoms with van der Waals surface area (Å²) in [6.07, 6.45) is 0. The quantitative estimate of drug-likeness (QED) is 0.141. The highest BCUT2D eigenvalue weighted by molar-refractivity contribution is 9.10. The van der Waals surface area contributed by atoms with Gasteiger partial charge in [-0.15, -0.1) is 0 Å². The molecule has 9 aromatic rings. The van der Waals surface area contributed by atoms with Gasteiger partial charge in [-0.25, -0.2) is 0 Å². The number of para-hydroxylation sites is 2. The predicted octanol–water partition coefficient (Wildman–Crippen LogP) is 16.3. The Morgan fingerprint density at radius 3 is 1.18 bits per heavy atom. The van der Waals surface area contributed by atoms with E-state index in [4.69, 9.17) is 0 Å². The Labute approximate surface area is 344 Å². The lowest BCUT2D eigenvalue weighted by Gasteiger charge is -2.32. The molecule has 2 nitrogen and oxygen atoms in total. The fraction of sp³-hybridized carbons (Fsp3) is 0.0741. The van der Waals surface area contributed by atoms with Gasteiger partial charge in [0.05, 0.1) is 0 Å². The smallest absolute Gasteiger partial charge is 0.0485 e. The Bertz CT molecular complexity index is 2770. The number of anilines is 6. The minimum atomic E-state index is -0.107. The molecule has 9 aromatic carbocycles. The molecule has 0 aromatic heterocycles. The number of hydrogen-bond donors (Lipinski definition) is 0. The van der Waals surface area contributed by atoms with E-state index in [1.165, 1.54) is 49.4 Å². The molecule has 57 heavy (non-hydrogen) atoms. The lowest BCUT2D eigenvalue weighted by Crippen LogP contribution is -2.17. The van der Waals surface area contributed by atoms with Crippen LogP contribution in [0.15, 0.2) is 211 Å². The molecule has 0 spiro atoms. The van der Waals surface area contributed by atoms with E-state index in [0.717, 1.165) is 38.6 Å². The van der Waals surface area contributed by atoms with Crippen LogP contribution in [0.5, 0.6) is 0 Å². The SMILES string of the molecule is CC(C)(C)c1cc(N(c2ccccc2)c2ccc(-c3c4ccccc4c(-c4ccccc4)c4ccccc34)cc2)cc(N(c2ccccc2)c2cccc(Br)c2)c1. The minimum Gasteiger partial charge on any atom is -0.310 e. The molecule has 9 rings (SSSR count). The minimum absolute atomic E-state index is 0.107. The molecule has 0 fully saturated rings. The zero-order chi connectivity index (χ0) is 38.9. The van der Waals surface area contributed by atoms with E-state index in [9.17, 15) is 0 Å². The van der Waals surface area contributed by atoms with E-state index >= 15 is 0 Å². The highest BCUT2D eigenvalue weighted by Crippen LogP contribution is 2.46. The van der Waals surface area contributed by atoms with Gasteiger partial charge >= 0.3 is 0 Å². The molecule has 0 atom stereocenters. The summed E-state index contributed by atoms with van der Waals surface area (Å²) in [7, 11) is 0. The van der Waals surface area contributed by atoms with Crippen LogP contribution in [-0.4, -0.2) is 0 Å². The monoisotopic (exact) mass is 798 g/mol. The van der Waals surface area contributed by atoms with Crippen molar-refractivity contribution in [2.24, 2.45) is 0 Å². The van der Waals surface area contributed by atoms with Gasteiger partial charge in [0.1, 0.15) is 0 Å². The molecule has 3 heteroatoms. The van der Waals surface area contributed by atoms with Crippen LogP contribution in [0.1, 0.15) is 26.3 Å². The predicted molar refractivity (Wildman–Crippen MR) is 248 cm³/mol. The third-order valence-corrected chi connectivity index (χ3v) is 11.3. The molecule has 0 unspecified atom stereocenters. The van der Waals surface area contributed by atoms with Crippen LogP contribution < -0.4 is 9.80 Å². The zero-order valence-electron chi connectivity index (χ0n) is 32.4. The van der Waals surface area contributed by atoms with Gasteiger partial charge in [0.25, 0.3) is 0 Å². The molecule has 0 aliphatic carbocycles. The second-order valence-electron chi connectivity index (χ2n) is 15.6. The Kier molecular flexibility index (Phi) is 9.70. The lowest BCUT2D eigenvalue weighted by atomic mass is 9.85. The zero-order valence-corrected chi connectivity index (χ0v) is 34.0. The molecular formula is C54H43BrN2. The topological polar surface area (TPSA) is 6.48 Å². The molecular weight excluding hydrogens is 757 g/mol. The molecule has 0 saturated carbocycles. The highest BCUT2D eigenvalue weighted by atomic mass is 79.9. The molecule has 0 amide bonds. The van der Waals surface area contributed by atoms with Crippen LogP contribution in [0, 0.1) is 0 Å². The molecule has 0 heterocycles. The number of hydrogen-bond acceptors (Lipinski definition) is 2. The van der Waals surface area contributed by atoms with Gasteiger partial charge in [0.15, 0.2) is 0 Å². The first kappa shape index (κ1) is 36.2. The third kappa shape index (κ3) is 7.12. The Balaban J connectivity index is 1.23. The van der Waals surface area contributed by atoms with Crippen LogP contribution in [0.25, 0.3) is 43.8 Å². The molecule has 0 bridgehead atoms. The second kappa shape index (κ2) is 15.3. The first-order chi connectivity index (χ1) is 27.8. The molecule has 0 aliphatic rings. The van der Waals surface area contributed by atoms with Crippen molar-refractivity contribution in [3.05, 3.63) is 216 Å². The summed E-state index contributed by atoms with van der Waals surface area (Å²) < 4.78 is 1.04. The van der Waals surface area contributed by atoms with Gasteiger partial charge in [-0.05, 0) is 128 Å². The van der Waals surface area contributed by atoms with Gasteiger partial charge in [-0.1, -0.05) is 170 Å². The van der Waals surface area contributed by atoms with E-state index in [0.29, 0.717) is 0 Å². The fourth-order valence-corrected chi connectivity index (χ4v) is 8.47. The summed E-state index contributed by atoms with van der Waals surface area (Å²) in [6.45, 7) is 6.88. The van der Waals surface area contributed by atoms with Crippen LogP contribution in [0.2, 0.25) is 0 Å². The van der Waals surface area contributed by atoms with Gasteiger partial charge in [-0.3, -0.25) is 0 Å². The average molecular weight is 800 g/mol. The molecule has 0 aliphatic heterocycles. The van der Waals surface area contributed by atoms with Crippen molar-refractivity contribution in [1.82, 2.24) is 0 Å². The summed E-state index contributed by atoms with van der Waals surface area (Å²) in [5.74, 6) is 0. The van der Waals surface area contributed by atoms with Crippen LogP contribution >= 0.6 is 15.9 Å². The maximum atomic E-state index is 3.75. The first-order valence-electron chi connectivity index (χ1n) is 19.5. The van der Waals surface area contributed by atoms with Crippen molar-refractivity contribution in [2.45, 2.75) is 26.2 Å². The molecule has 276 valence electrons. The van der Waals surface area contributed by atoms with Crippen molar-refractivity contribution >= 4 is 71.6 Å².